The van der Waals surface area contributed by atoms with Gasteiger partial charge in [-0.25, -0.2) is 0 Å². The van der Waals surface area contributed by atoms with Crippen LogP contribution in [0.4, 0.5) is 5.69 Å². The largest absolute Gasteiger partial charge is 0.495 e. The fourth-order valence-electron chi connectivity index (χ4n) is 3.55. The summed E-state index contributed by atoms with van der Waals surface area (Å²) in [7, 11) is 1.54. The molecule has 0 unspecified atom stereocenters. The van der Waals surface area contributed by atoms with Crippen LogP contribution in [0, 0.1) is 11.3 Å². The Kier molecular flexibility index (Phi) is 4.20. The number of carbonyl (C=O) groups is 1. The molecular formula is C20H16N4O4. The van der Waals surface area contributed by atoms with Gasteiger partial charge in [0.2, 0.25) is 5.91 Å². The van der Waals surface area contributed by atoms with E-state index < -0.39 is 5.56 Å². The van der Waals surface area contributed by atoms with Crippen molar-refractivity contribution in [2.24, 2.45) is 0 Å². The molecular weight excluding hydrogens is 360 g/mol. The van der Waals surface area contributed by atoms with Gasteiger partial charge in [-0.1, -0.05) is 12.1 Å². The van der Waals surface area contributed by atoms with E-state index in [-0.39, 0.29) is 34.9 Å². The standard InChI is InChI=1S/C20H16N4O4/c1-28-17-5-3-2-4-16(17)24-11-13(9-18(24)25)23-7-6-15-14(20(23)27)8-12(10-21)19(26)22-15/h2-8,13H,9,11H2,1H3,(H,22,26)/t13-/m1/s1. The second-order valence-electron chi connectivity index (χ2n) is 6.51. The van der Waals surface area contributed by atoms with Crippen LogP contribution in [0.15, 0.2) is 52.2 Å². The number of nitrogens with one attached hydrogen (secondary N) is 1. The number of nitrogens with zero attached hydrogens (tertiary/aromatic N) is 3. The highest BCUT2D eigenvalue weighted by Crippen LogP contribution is 2.34. The number of benzene rings is 1. The lowest BCUT2D eigenvalue weighted by molar-refractivity contribution is -0.117. The van der Waals surface area contributed by atoms with Gasteiger partial charge in [-0.15, -0.1) is 0 Å². The number of rotatable bonds is 3. The highest BCUT2D eigenvalue weighted by Gasteiger charge is 2.33. The highest BCUT2D eigenvalue weighted by molar-refractivity contribution is 5.97. The zero-order chi connectivity index (χ0) is 19.8. The number of carbonyl (C=O) groups excluding carboxylic acids is 1. The molecule has 3 aromatic rings. The summed E-state index contributed by atoms with van der Waals surface area (Å²) in [6.45, 7) is 0.319. The molecule has 140 valence electrons. The summed E-state index contributed by atoms with van der Waals surface area (Å²) in [4.78, 5) is 41.5. The first-order valence-corrected chi connectivity index (χ1v) is 8.65. The summed E-state index contributed by atoms with van der Waals surface area (Å²) in [5, 5.41) is 9.29. The van der Waals surface area contributed by atoms with Crippen LogP contribution in [-0.4, -0.2) is 29.1 Å². The van der Waals surface area contributed by atoms with Crippen LogP contribution in [0.5, 0.6) is 5.75 Å². The first-order valence-electron chi connectivity index (χ1n) is 8.65. The summed E-state index contributed by atoms with van der Waals surface area (Å²) in [6.07, 6.45) is 1.73. The molecule has 0 spiro atoms. The minimum atomic E-state index is -0.537. The van der Waals surface area contributed by atoms with Crippen molar-refractivity contribution in [3.63, 3.8) is 0 Å². The fraction of sp³-hybridized carbons (Fsp3) is 0.200. The van der Waals surface area contributed by atoms with Crippen molar-refractivity contribution in [3.05, 3.63) is 68.9 Å². The van der Waals surface area contributed by atoms with E-state index in [4.69, 9.17) is 10.00 Å². The Morgan fingerprint density at radius 1 is 1.21 bits per heavy atom. The molecule has 1 aromatic carbocycles. The van der Waals surface area contributed by atoms with Crippen molar-refractivity contribution in [3.8, 4) is 11.8 Å². The van der Waals surface area contributed by atoms with Gasteiger partial charge in [0.1, 0.15) is 17.4 Å². The lowest BCUT2D eigenvalue weighted by Crippen LogP contribution is -2.29. The number of methoxy groups -OCH3 is 1. The minimum absolute atomic E-state index is 0.110. The first kappa shape index (κ1) is 17.5. The fourth-order valence-corrected chi connectivity index (χ4v) is 3.55. The van der Waals surface area contributed by atoms with Crippen molar-refractivity contribution in [2.45, 2.75) is 12.5 Å². The Labute approximate surface area is 159 Å². The third-order valence-corrected chi connectivity index (χ3v) is 4.93. The van der Waals surface area contributed by atoms with Crippen molar-refractivity contribution in [1.82, 2.24) is 9.55 Å². The van der Waals surface area contributed by atoms with Crippen molar-refractivity contribution >= 4 is 22.5 Å². The van der Waals surface area contributed by atoms with E-state index in [1.54, 1.807) is 35.4 Å². The number of nitriles is 1. The molecule has 2 aromatic heterocycles. The summed E-state index contributed by atoms with van der Waals surface area (Å²) < 4.78 is 6.82. The van der Waals surface area contributed by atoms with Crippen LogP contribution < -0.4 is 20.8 Å². The van der Waals surface area contributed by atoms with Crippen LogP contribution in [0.3, 0.4) is 0 Å². The smallest absolute Gasteiger partial charge is 0.266 e. The number of para-hydroxylation sites is 2. The Hall–Kier alpha value is -3.86. The van der Waals surface area contributed by atoms with Gasteiger partial charge in [-0.05, 0) is 24.3 Å². The molecule has 1 atom stereocenters. The molecule has 0 radical (unpaired) electrons. The Morgan fingerprint density at radius 2 is 2.00 bits per heavy atom. The molecule has 1 N–H and O–H groups in total. The number of hydrogen-bond acceptors (Lipinski definition) is 5. The zero-order valence-corrected chi connectivity index (χ0v) is 15.0. The molecule has 8 nitrogen and oxygen atoms in total. The molecule has 1 aliphatic rings. The van der Waals surface area contributed by atoms with Gasteiger partial charge < -0.3 is 19.2 Å². The van der Waals surface area contributed by atoms with Crippen molar-refractivity contribution in [1.29, 1.82) is 5.26 Å². The third kappa shape index (κ3) is 2.74. The summed E-state index contributed by atoms with van der Waals surface area (Å²) in [5.74, 6) is 0.472. The Morgan fingerprint density at radius 3 is 2.75 bits per heavy atom. The first-order chi connectivity index (χ1) is 13.5. The highest BCUT2D eigenvalue weighted by atomic mass is 16.5. The molecule has 0 saturated carbocycles. The van der Waals surface area contributed by atoms with E-state index in [0.29, 0.717) is 23.5 Å². The number of aromatic amines is 1. The SMILES string of the molecule is COc1ccccc1N1C[C@H](n2ccc3[nH]c(=O)c(C#N)cc3c2=O)CC1=O. The molecule has 8 heteroatoms. The summed E-state index contributed by atoms with van der Waals surface area (Å²) >= 11 is 0. The second kappa shape index (κ2) is 6.70. The van der Waals surface area contributed by atoms with E-state index in [2.05, 4.69) is 4.98 Å². The van der Waals surface area contributed by atoms with E-state index >= 15 is 0 Å². The number of aromatic nitrogens is 2. The van der Waals surface area contributed by atoms with Gasteiger partial charge in [0.15, 0.2) is 0 Å². The maximum absolute atomic E-state index is 12.9. The van der Waals surface area contributed by atoms with Crippen LogP contribution in [0.2, 0.25) is 0 Å². The Bertz CT molecular complexity index is 1250. The third-order valence-electron chi connectivity index (χ3n) is 4.93. The maximum Gasteiger partial charge on any atom is 0.266 e. The topological polar surface area (TPSA) is 108 Å². The average molecular weight is 376 g/mol. The van der Waals surface area contributed by atoms with Crippen molar-refractivity contribution < 1.29 is 9.53 Å². The van der Waals surface area contributed by atoms with Crippen LogP contribution in [0.1, 0.15) is 18.0 Å². The monoisotopic (exact) mass is 376 g/mol. The van der Waals surface area contributed by atoms with E-state index in [1.165, 1.54) is 17.7 Å². The maximum atomic E-state index is 12.9. The molecule has 3 heterocycles. The predicted octanol–water partition coefficient (Wildman–Crippen LogP) is 1.55. The molecule has 1 saturated heterocycles. The molecule has 0 bridgehead atoms. The number of H-pyrrole nitrogens is 1. The number of fused-ring (bicyclic) bond motifs is 1. The van der Waals surface area contributed by atoms with Gasteiger partial charge in [0, 0.05) is 19.2 Å². The molecule has 28 heavy (non-hydrogen) atoms. The molecule has 1 aliphatic heterocycles. The van der Waals surface area contributed by atoms with E-state index in [0.717, 1.165) is 0 Å². The van der Waals surface area contributed by atoms with Gasteiger partial charge in [-0.2, -0.15) is 5.26 Å². The lowest BCUT2D eigenvalue weighted by atomic mass is 10.2. The minimum Gasteiger partial charge on any atom is -0.495 e. The second-order valence-corrected chi connectivity index (χ2v) is 6.51. The Balaban J connectivity index is 1.75. The van der Waals surface area contributed by atoms with Gasteiger partial charge in [0.25, 0.3) is 11.1 Å². The number of hydrogen-bond donors (Lipinski definition) is 1. The van der Waals surface area contributed by atoms with Gasteiger partial charge in [-0.3, -0.25) is 14.4 Å². The zero-order valence-electron chi connectivity index (χ0n) is 15.0. The predicted molar refractivity (Wildman–Crippen MR) is 103 cm³/mol. The van der Waals surface area contributed by atoms with Crippen molar-refractivity contribution in [2.75, 3.05) is 18.6 Å². The van der Waals surface area contributed by atoms with Gasteiger partial charge in [0.05, 0.1) is 29.7 Å². The quantitative estimate of drug-likeness (QED) is 0.746. The molecule has 0 aliphatic carbocycles. The lowest BCUT2D eigenvalue weighted by Gasteiger charge is -2.20. The van der Waals surface area contributed by atoms with E-state index in [9.17, 15) is 14.4 Å². The van der Waals surface area contributed by atoms with Gasteiger partial charge >= 0.3 is 0 Å². The number of amides is 1. The van der Waals surface area contributed by atoms with Crippen LogP contribution in [0.25, 0.3) is 10.9 Å². The molecule has 1 fully saturated rings. The summed E-state index contributed by atoms with van der Waals surface area (Å²) in [5.41, 5.74) is -0.00504. The normalized spacial score (nSPS) is 16.4. The van der Waals surface area contributed by atoms with Crippen LogP contribution >= 0.6 is 0 Å². The molecule has 1 amide bonds. The van der Waals surface area contributed by atoms with Crippen LogP contribution in [-0.2, 0) is 4.79 Å². The summed E-state index contributed by atoms with van der Waals surface area (Å²) in [6, 6.07) is 11.5. The number of pyridine rings is 2. The molecule has 4 rings (SSSR count). The van der Waals surface area contributed by atoms with E-state index in [1.807, 2.05) is 12.1 Å². The number of ether oxygens (including phenoxy) is 1. The number of anilines is 1. The average Bonchev–Trinajstić information content (AvgIpc) is 3.09.